The van der Waals surface area contributed by atoms with Gasteiger partial charge in [-0.3, -0.25) is 29.3 Å². The van der Waals surface area contributed by atoms with Crippen LogP contribution in [0.3, 0.4) is 0 Å². The number of amides is 2. The Labute approximate surface area is 139 Å². The number of H-pyrrole nitrogens is 2. The van der Waals surface area contributed by atoms with Crippen molar-refractivity contribution in [2.75, 3.05) is 0 Å². The van der Waals surface area contributed by atoms with E-state index in [9.17, 15) is 29.3 Å². The highest BCUT2D eigenvalue weighted by atomic mass is 16.6. The summed E-state index contributed by atoms with van der Waals surface area (Å²) in [6.07, 6.45) is 0.409. The van der Waals surface area contributed by atoms with Gasteiger partial charge in [0.05, 0.1) is 16.0 Å². The van der Waals surface area contributed by atoms with Crippen molar-refractivity contribution < 1.29 is 14.5 Å². The minimum atomic E-state index is -0.936. The van der Waals surface area contributed by atoms with Gasteiger partial charge in [-0.25, -0.2) is 0 Å². The van der Waals surface area contributed by atoms with Gasteiger partial charge in [0.15, 0.2) is 0 Å². The first-order chi connectivity index (χ1) is 11.8. The summed E-state index contributed by atoms with van der Waals surface area (Å²) in [5.41, 5.74) is 3.37. The third-order valence-corrected chi connectivity index (χ3v) is 3.41. The Kier molecular flexibility index (Phi) is 5.27. The zero-order chi connectivity index (χ0) is 18.6. The lowest BCUT2D eigenvalue weighted by atomic mass is 10.1. The highest BCUT2D eigenvalue weighted by Gasteiger charge is 2.14. The number of benzene rings is 1. The van der Waals surface area contributed by atoms with Crippen LogP contribution in [0.15, 0.2) is 21.7 Å². The Bertz CT molecular complexity index is 960. The largest absolute Gasteiger partial charge is 0.370 e. The van der Waals surface area contributed by atoms with Crippen molar-refractivity contribution in [3.63, 3.8) is 0 Å². The van der Waals surface area contributed by atoms with Crippen LogP contribution in [0.2, 0.25) is 0 Å². The van der Waals surface area contributed by atoms with E-state index in [1.807, 2.05) is 0 Å². The van der Waals surface area contributed by atoms with E-state index < -0.39 is 21.9 Å². The number of rotatable bonds is 7. The maximum absolute atomic E-state index is 11.7. The molecule has 11 heteroatoms. The molecule has 1 heterocycles. The molecule has 2 aromatic rings. The lowest BCUT2D eigenvalue weighted by molar-refractivity contribution is -0.384. The number of carbonyl (C=O) groups excluding carboxylic acids is 2. The van der Waals surface area contributed by atoms with Crippen molar-refractivity contribution in [1.29, 1.82) is 0 Å². The maximum Gasteiger partial charge on any atom is 0.314 e. The van der Waals surface area contributed by atoms with Crippen LogP contribution in [0, 0.1) is 10.1 Å². The van der Waals surface area contributed by atoms with E-state index in [0.29, 0.717) is 0 Å². The Hall–Kier alpha value is -3.50. The number of nitro groups is 1. The maximum atomic E-state index is 11.7. The van der Waals surface area contributed by atoms with E-state index in [0.717, 1.165) is 6.07 Å². The average Bonchev–Trinajstić information content (AvgIpc) is 2.53. The van der Waals surface area contributed by atoms with Crippen molar-refractivity contribution >= 4 is 28.5 Å². The van der Waals surface area contributed by atoms with Crippen LogP contribution in [0.25, 0.3) is 11.0 Å². The van der Waals surface area contributed by atoms with Gasteiger partial charge < -0.3 is 21.0 Å². The molecule has 0 aliphatic carbocycles. The van der Waals surface area contributed by atoms with Gasteiger partial charge in [0.2, 0.25) is 11.8 Å². The van der Waals surface area contributed by atoms with Gasteiger partial charge in [0, 0.05) is 37.1 Å². The van der Waals surface area contributed by atoms with Gasteiger partial charge in [0.1, 0.15) is 0 Å². The molecule has 0 saturated heterocycles. The number of hydrogen-bond donors (Lipinski definition) is 4. The number of aromatic amines is 2. The van der Waals surface area contributed by atoms with Gasteiger partial charge in [-0.1, -0.05) is 0 Å². The Balaban J connectivity index is 2.26. The number of nitrogens with two attached hydrogens (primary N) is 1. The number of carbonyl (C=O) groups is 2. The predicted molar refractivity (Wildman–Crippen MR) is 86.7 cm³/mol. The monoisotopic (exact) mass is 349 g/mol. The third-order valence-electron chi connectivity index (χ3n) is 3.41. The topological polar surface area (TPSA) is 181 Å². The summed E-state index contributed by atoms with van der Waals surface area (Å²) in [6, 6.07) is 2.31. The van der Waals surface area contributed by atoms with Gasteiger partial charge in [-0.05, 0) is 6.42 Å². The number of nitro benzene ring substituents is 1. The minimum absolute atomic E-state index is 0.0587. The van der Waals surface area contributed by atoms with E-state index in [4.69, 9.17) is 5.73 Å². The fourth-order valence-electron chi connectivity index (χ4n) is 2.23. The van der Waals surface area contributed by atoms with Crippen molar-refractivity contribution in [1.82, 2.24) is 15.3 Å². The Morgan fingerprint density at radius 3 is 2.48 bits per heavy atom. The average molecular weight is 349 g/mol. The van der Waals surface area contributed by atoms with Crippen LogP contribution < -0.4 is 22.2 Å². The molecular formula is C14H15N5O6. The predicted octanol–water partition coefficient (Wildman–Crippen LogP) is -0.604. The molecule has 0 aliphatic heterocycles. The summed E-state index contributed by atoms with van der Waals surface area (Å²) in [7, 11) is 0. The molecule has 11 nitrogen and oxygen atoms in total. The molecule has 5 N–H and O–H groups in total. The number of hydrogen-bond acceptors (Lipinski definition) is 6. The lowest BCUT2D eigenvalue weighted by Crippen LogP contribution is -2.30. The standard InChI is InChI=1S/C14H15N5O6/c15-10(20)2-1-3-11(21)16-6-7-4-8(19(24)25)5-9-12(7)18-14(23)13(22)17-9/h4-5H,1-3,6H2,(H2,15,20)(H,16,21)(H,17,22)(H,18,23). The second-order valence-electron chi connectivity index (χ2n) is 5.29. The molecule has 2 amide bonds. The zero-order valence-corrected chi connectivity index (χ0v) is 13.0. The van der Waals surface area contributed by atoms with Crippen molar-refractivity contribution in [2.24, 2.45) is 5.73 Å². The second kappa shape index (κ2) is 7.38. The molecule has 25 heavy (non-hydrogen) atoms. The summed E-state index contributed by atoms with van der Waals surface area (Å²) < 4.78 is 0. The van der Waals surface area contributed by atoms with Gasteiger partial charge in [0.25, 0.3) is 5.69 Å². The molecule has 0 aliphatic rings. The fraction of sp³-hybridized carbons (Fsp3) is 0.286. The number of aromatic nitrogens is 2. The summed E-state index contributed by atoms with van der Waals surface area (Å²) in [6.45, 7) is -0.102. The molecule has 1 aromatic carbocycles. The van der Waals surface area contributed by atoms with Crippen LogP contribution in [0.5, 0.6) is 0 Å². The van der Waals surface area contributed by atoms with Crippen molar-refractivity contribution in [3.8, 4) is 0 Å². The molecule has 0 saturated carbocycles. The second-order valence-corrected chi connectivity index (χ2v) is 5.29. The molecule has 0 atom stereocenters. The molecule has 0 bridgehead atoms. The number of primary amides is 1. The summed E-state index contributed by atoms with van der Waals surface area (Å²) in [5.74, 6) is -0.897. The molecule has 0 unspecified atom stereocenters. The molecule has 1 aromatic heterocycles. The van der Waals surface area contributed by atoms with E-state index in [1.165, 1.54) is 6.07 Å². The summed E-state index contributed by atoms with van der Waals surface area (Å²) in [4.78, 5) is 60.2. The summed E-state index contributed by atoms with van der Waals surface area (Å²) >= 11 is 0. The van der Waals surface area contributed by atoms with Crippen LogP contribution in [0.4, 0.5) is 5.69 Å². The zero-order valence-electron chi connectivity index (χ0n) is 13.0. The third kappa shape index (κ3) is 4.50. The highest BCUT2D eigenvalue weighted by molar-refractivity contribution is 5.82. The van der Waals surface area contributed by atoms with E-state index in [2.05, 4.69) is 15.3 Å². The van der Waals surface area contributed by atoms with Crippen molar-refractivity contribution in [2.45, 2.75) is 25.8 Å². The van der Waals surface area contributed by atoms with E-state index in [1.54, 1.807) is 0 Å². The molecule has 2 rings (SSSR count). The van der Waals surface area contributed by atoms with E-state index >= 15 is 0 Å². The molecule has 0 radical (unpaired) electrons. The molecule has 0 spiro atoms. The van der Waals surface area contributed by atoms with Gasteiger partial charge >= 0.3 is 11.1 Å². The van der Waals surface area contributed by atoms with Crippen LogP contribution in [-0.4, -0.2) is 26.7 Å². The minimum Gasteiger partial charge on any atom is -0.370 e. The Morgan fingerprint density at radius 2 is 1.84 bits per heavy atom. The smallest absolute Gasteiger partial charge is 0.314 e. The van der Waals surface area contributed by atoms with Crippen LogP contribution in [0.1, 0.15) is 24.8 Å². The van der Waals surface area contributed by atoms with Crippen LogP contribution >= 0.6 is 0 Å². The number of nitrogens with zero attached hydrogens (tertiary/aromatic N) is 1. The number of non-ortho nitro benzene ring substituents is 1. The first kappa shape index (κ1) is 17.8. The molecular weight excluding hydrogens is 334 g/mol. The SMILES string of the molecule is NC(=O)CCCC(=O)NCc1cc([N+](=O)[O-])cc2[nH]c(=O)c(=O)[nH]c12. The quantitative estimate of drug-likeness (QED) is 0.294. The van der Waals surface area contributed by atoms with Crippen molar-refractivity contribution in [3.05, 3.63) is 48.5 Å². The van der Waals surface area contributed by atoms with E-state index in [-0.39, 0.29) is 54.0 Å². The fourth-order valence-corrected chi connectivity index (χ4v) is 2.23. The number of nitrogens with one attached hydrogen (secondary N) is 3. The first-order valence-electron chi connectivity index (χ1n) is 7.26. The summed E-state index contributed by atoms with van der Waals surface area (Å²) in [5, 5.41) is 13.5. The molecule has 132 valence electrons. The van der Waals surface area contributed by atoms with Crippen LogP contribution in [-0.2, 0) is 16.1 Å². The highest BCUT2D eigenvalue weighted by Crippen LogP contribution is 2.21. The van der Waals surface area contributed by atoms with Gasteiger partial charge in [-0.2, -0.15) is 0 Å². The Morgan fingerprint density at radius 1 is 1.16 bits per heavy atom. The number of fused-ring (bicyclic) bond motifs is 1. The molecule has 0 fully saturated rings. The first-order valence-corrected chi connectivity index (χ1v) is 7.26. The normalized spacial score (nSPS) is 10.6. The lowest BCUT2D eigenvalue weighted by Gasteiger charge is -2.08. The van der Waals surface area contributed by atoms with Gasteiger partial charge in [-0.15, -0.1) is 0 Å².